The predicted molar refractivity (Wildman–Crippen MR) is 165 cm³/mol. The van der Waals surface area contributed by atoms with Crippen LogP contribution in [-0.2, 0) is 28.7 Å². The number of halogens is 4. The van der Waals surface area contributed by atoms with Crippen molar-refractivity contribution in [1.29, 1.82) is 0 Å². The maximum absolute atomic E-state index is 14.5. The van der Waals surface area contributed by atoms with Crippen molar-refractivity contribution < 1.29 is 37.0 Å². The van der Waals surface area contributed by atoms with Gasteiger partial charge in [-0.3, -0.25) is 9.59 Å². The average molecular weight is 634 g/mol. The second-order valence-electron chi connectivity index (χ2n) is 11.6. The van der Waals surface area contributed by atoms with Crippen molar-refractivity contribution in [3.8, 4) is 5.75 Å². The summed E-state index contributed by atoms with van der Waals surface area (Å²) in [6.45, 7) is 6.83. The molecule has 4 N–H and O–H groups in total. The van der Waals surface area contributed by atoms with E-state index >= 15 is 0 Å². The van der Waals surface area contributed by atoms with E-state index in [1.54, 1.807) is 42.2 Å². The molecule has 0 saturated carbocycles. The van der Waals surface area contributed by atoms with E-state index in [0.29, 0.717) is 42.6 Å². The molecule has 246 valence electrons. The molecule has 45 heavy (non-hydrogen) atoms. The molecule has 1 aliphatic rings. The SMILES string of the molecule is CCCN(CCC)C(=O)C1=CC(C)=CC(C(N)=O)([C@H](Cc2cc(F)cc(C(F)(F)F)c2)[C@@H](O)CNCc2cccc(OC)c2)C1. The number of alkyl halides is 3. The number of nitrogens with two attached hydrogens (primary N) is 1. The maximum atomic E-state index is 14.5. The summed E-state index contributed by atoms with van der Waals surface area (Å²) < 4.78 is 60.6. The summed E-state index contributed by atoms with van der Waals surface area (Å²) in [5.74, 6) is -2.70. The summed E-state index contributed by atoms with van der Waals surface area (Å²) in [6, 6.07) is 9.41. The lowest BCUT2D eigenvalue weighted by Gasteiger charge is -2.42. The smallest absolute Gasteiger partial charge is 0.416 e. The molecular formula is C34H43F4N3O4. The Bertz CT molecular complexity index is 1400. The van der Waals surface area contributed by atoms with Crippen LogP contribution in [0.15, 0.2) is 65.8 Å². The van der Waals surface area contributed by atoms with Crippen LogP contribution in [0.4, 0.5) is 17.6 Å². The Labute approximate surface area is 262 Å². The van der Waals surface area contributed by atoms with Gasteiger partial charge in [-0.05, 0) is 74.1 Å². The third kappa shape index (κ3) is 9.17. The van der Waals surface area contributed by atoms with Gasteiger partial charge in [-0.1, -0.05) is 43.7 Å². The summed E-state index contributed by atoms with van der Waals surface area (Å²) in [4.78, 5) is 28.8. The summed E-state index contributed by atoms with van der Waals surface area (Å²) in [5.41, 5.74) is 4.86. The fourth-order valence-corrected chi connectivity index (χ4v) is 6.05. The van der Waals surface area contributed by atoms with Gasteiger partial charge in [0.2, 0.25) is 11.8 Å². The van der Waals surface area contributed by atoms with Gasteiger partial charge in [-0.25, -0.2) is 4.39 Å². The lowest BCUT2D eigenvalue weighted by atomic mass is 9.63. The minimum absolute atomic E-state index is 0.0631. The van der Waals surface area contributed by atoms with Crippen LogP contribution in [0.5, 0.6) is 5.75 Å². The van der Waals surface area contributed by atoms with E-state index < -0.39 is 40.9 Å². The van der Waals surface area contributed by atoms with E-state index in [1.807, 2.05) is 19.9 Å². The molecule has 7 nitrogen and oxygen atoms in total. The Kier molecular flexibility index (Phi) is 12.3. The third-order valence-corrected chi connectivity index (χ3v) is 8.06. The van der Waals surface area contributed by atoms with Gasteiger partial charge >= 0.3 is 6.18 Å². The Balaban J connectivity index is 2.04. The number of nitrogens with one attached hydrogen (secondary N) is 1. The fraction of sp³-hybridized carbons (Fsp3) is 0.471. The van der Waals surface area contributed by atoms with Crippen molar-refractivity contribution in [3.05, 3.63) is 88.3 Å². The first kappa shape index (κ1) is 35.8. The highest BCUT2D eigenvalue weighted by Crippen LogP contribution is 2.45. The number of ether oxygens (including phenoxy) is 1. The normalized spacial score (nSPS) is 18.1. The molecule has 2 aromatic rings. The fourth-order valence-electron chi connectivity index (χ4n) is 6.05. The van der Waals surface area contributed by atoms with Crippen molar-refractivity contribution in [1.82, 2.24) is 10.2 Å². The highest BCUT2D eigenvalue weighted by atomic mass is 19.4. The third-order valence-electron chi connectivity index (χ3n) is 8.06. The predicted octanol–water partition coefficient (Wildman–Crippen LogP) is 5.56. The minimum Gasteiger partial charge on any atom is -0.497 e. The monoisotopic (exact) mass is 633 g/mol. The van der Waals surface area contributed by atoms with Crippen LogP contribution in [-0.4, -0.2) is 54.7 Å². The number of aliphatic hydroxyl groups is 1. The largest absolute Gasteiger partial charge is 0.497 e. The van der Waals surface area contributed by atoms with Gasteiger partial charge in [-0.2, -0.15) is 13.2 Å². The standard InChI is InChI=1S/C34H43F4N3O4/c1-5-10-41(11-6-2)31(43)25-12-22(3)18-33(19-25,32(39)44)29(16-24-13-26(34(36,37)38)17-27(35)14-24)30(42)21-40-20-23-8-7-9-28(15-23)45-4/h7-9,12-15,17-18,29-30,40,42H,5-6,10-11,16,19-21H2,1-4H3,(H2,39,44)/t29-,30+,33?/m1/s1. The van der Waals surface area contributed by atoms with Gasteiger partial charge in [0.05, 0.1) is 24.2 Å². The molecule has 0 aliphatic heterocycles. The lowest BCUT2D eigenvalue weighted by molar-refractivity contribution is -0.138. The molecule has 0 saturated heterocycles. The Morgan fingerprint density at radius 3 is 2.40 bits per heavy atom. The number of hydrogen-bond acceptors (Lipinski definition) is 5. The summed E-state index contributed by atoms with van der Waals surface area (Å²) in [6.07, 6.45) is -1.93. The molecule has 0 heterocycles. The van der Waals surface area contributed by atoms with Crippen molar-refractivity contribution in [2.24, 2.45) is 17.1 Å². The number of benzene rings is 2. The number of carbonyl (C=O) groups excluding carboxylic acids is 2. The van der Waals surface area contributed by atoms with E-state index in [1.165, 1.54) is 7.11 Å². The zero-order chi connectivity index (χ0) is 33.4. The van der Waals surface area contributed by atoms with Crippen LogP contribution in [0.25, 0.3) is 0 Å². The van der Waals surface area contributed by atoms with Crippen molar-refractivity contribution in [2.45, 2.75) is 65.3 Å². The van der Waals surface area contributed by atoms with E-state index in [4.69, 9.17) is 10.5 Å². The zero-order valence-electron chi connectivity index (χ0n) is 26.2. The number of primary amides is 1. The molecule has 0 radical (unpaired) electrons. The molecule has 0 aromatic heterocycles. The molecule has 2 aromatic carbocycles. The highest BCUT2D eigenvalue weighted by Gasteiger charge is 2.48. The van der Waals surface area contributed by atoms with E-state index in [2.05, 4.69) is 5.32 Å². The number of carbonyl (C=O) groups is 2. The number of methoxy groups -OCH3 is 1. The zero-order valence-corrected chi connectivity index (χ0v) is 26.2. The van der Waals surface area contributed by atoms with Crippen molar-refractivity contribution in [3.63, 3.8) is 0 Å². The van der Waals surface area contributed by atoms with Crippen LogP contribution in [0.2, 0.25) is 0 Å². The quantitative estimate of drug-likeness (QED) is 0.223. The second kappa shape index (κ2) is 15.5. The Hall–Kier alpha value is -3.70. The Morgan fingerprint density at radius 1 is 1.11 bits per heavy atom. The molecule has 3 rings (SSSR count). The minimum atomic E-state index is -4.81. The van der Waals surface area contributed by atoms with E-state index in [9.17, 15) is 32.3 Å². The lowest BCUT2D eigenvalue weighted by Crippen LogP contribution is -2.51. The van der Waals surface area contributed by atoms with Gasteiger partial charge in [0.15, 0.2) is 0 Å². The molecule has 0 bridgehead atoms. The van der Waals surface area contributed by atoms with Crippen LogP contribution in [0.1, 0.15) is 56.7 Å². The van der Waals surface area contributed by atoms with Crippen LogP contribution in [0, 0.1) is 17.2 Å². The maximum Gasteiger partial charge on any atom is 0.416 e. The first-order chi connectivity index (χ1) is 21.2. The first-order valence-electron chi connectivity index (χ1n) is 15.1. The summed E-state index contributed by atoms with van der Waals surface area (Å²) in [7, 11) is 1.54. The van der Waals surface area contributed by atoms with Crippen molar-refractivity contribution in [2.75, 3.05) is 26.7 Å². The van der Waals surface area contributed by atoms with Gasteiger partial charge in [0, 0.05) is 37.7 Å². The topological polar surface area (TPSA) is 105 Å². The number of nitrogens with zero attached hydrogens (tertiary/aromatic N) is 1. The summed E-state index contributed by atoms with van der Waals surface area (Å²) in [5, 5.41) is 14.8. The van der Waals surface area contributed by atoms with Gasteiger partial charge in [-0.15, -0.1) is 0 Å². The molecule has 3 atom stereocenters. The van der Waals surface area contributed by atoms with Gasteiger partial charge in [0.25, 0.3) is 0 Å². The average Bonchev–Trinajstić information content (AvgIpc) is 2.98. The molecular weight excluding hydrogens is 590 g/mol. The Morgan fingerprint density at radius 2 is 1.80 bits per heavy atom. The van der Waals surface area contributed by atoms with Crippen LogP contribution in [0.3, 0.4) is 0 Å². The summed E-state index contributed by atoms with van der Waals surface area (Å²) >= 11 is 0. The number of amides is 2. The second-order valence-corrected chi connectivity index (χ2v) is 11.6. The van der Waals surface area contributed by atoms with Crippen LogP contribution >= 0.6 is 0 Å². The number of hydrogen-bond donors (Lipinski definition) is 3. The molecule has 0 spiro atoms. The van der Waals surface area contributed by atoms with Gasteiger partial charge in [0.1, 0.15) is 11.6 Å². The number of aliphatic hydroxyl groups excluding tert-OH is 1. The van der Waals surface area contributed by atoms with Crippen LogP contribution < -0.4 is 15.8 Å². The molecule has 1 unspecified atom stereocenters. The first-order valence-corrected chi connectivity index (χ1v) is 15.1. The van der Waals surface area contributed by atoms with Crippen molar-refractivity contribution >= 4 is 11.8 Å². The molecule has 2 amide bonds. The van der Waals surface area contributed by atoms with Gasteiger partial charge < -0.3 is 25.8 Å². The van der Waals surface area contributed by atoms with E-state index in [-0.39, 0.29) is 30.9 Å². The number of allylic oxidation sites excluding steroid dienone is 2. The van der Waals surface area contributed by atoms with E-state index in [0.717, 1.165) is 30.5 Å². The molecule has 0 fully saturated rings. The molecule has 11 heteroatoms. The number of rotatable bonds is 15. The molecule has 1 aliphatic carbocycles. The highest BCUT2D eigenvalue weighted by molar-refractivity contribution is 5.97.